The minimum absolute atomic E-state index is 0.366. The highest BCUT2D eigenvalue weighted by molar-refractivity contribution is 6.45. The number of aryl methyl sites for hydroxylation is 1. The number of nitrogens with one attached hydrogen (secondary N) is 2. The Balaban J connectivity index is 2.05. The van der Waals surface area contributed by atoms with E-state index in [0.717, 1.165) is 5.56 Å². The van der Waals surface area contributed by atoms with E-state index in [9.17, 15) is 9.59 Å². The molecule has 0 saturated carbocycles. The fourth-order valence-electron chi connectivity index (χ4n) is 1.91. The van der Waals surface area contributed by atoms with Crippen LogP contribution in [0.1, 0.15) is 26.3 Å². The van der Waals surface area contributed by atoms with Crippen LogP contribution in [0.2, 0.25) is 0 Å². The van der Waals surface area contributed by atoms with Gasteiger partial charge < -0.3 is 10.6 Å². The van der Waals surface area contributed by atoms with Gasteiger partial charge in [-0.2, -0.15) is 0 Å². The van der Waals surface area contributed by atoms with Crippen molar-refractivity contribution in [2.45, 2.75) is 17.9 Å². The first-order valence-corrected chi connectivity index (χ1v) is 7.86. The second-order valence-corrected chi connectivity index (χ2v) is 6.15. The second kappa shape index (κ2) is 7.99. The van der Waals surface area contributed by atoms with Crippen LogP contribution in [0.25, 0.3) is 0 Å². The Morgan fingerprint density at radius 1 is 0.826 bits per heavy atom. The molecule has 4 nitrogen and oxygen atoms in total. The van der Waals surface area contributed by atoms with E-state index >= 15 is 0 Å². The molecule has 23 heavy (non-hydrogen) atoms. The van der Waals surface area contributed by atoms with Crippen LogP contribution in [0, 0.1) is 6.92 Å². The second-order valence-electron chi connectivity index (χ2n) is 4.99. The van der Waals surface area contributed by atoms with Gasteiger partial charge in [0.1, 0.15) is 11.0 Å². The summed E-state index contributed by atoms with van der Waals surface area (Å²) < 4.78 is 0. The molecule has 2 aromatic carbocycles. The van der Waals surface area contributed by atoms with Crippen molar-refractivity contribution in [3.8, 4) is 0 Å². The van der Waals surface area contributed by atoms with Crippen LogP contribution >= 0.6 is 23.2 Å². The van der Waals surface area contributed by atoms with Crippen molar-refractivity contribution in [2.75, 3.05) is 0 Å². The minimum Gasteiger partial charge on any atom is -0.329 e. The zero-order chi connectivity index (χ0) is 16.8. The molecule has 0 aliphatic heterocycles. The van der Waals surface area contributed by atoms with Gasteiger partial charge in [-0.15, -0.1) is 23.2 Å². The third-order valence-electron chi connectivity index (χ3n) is 3.17. The van der Waals surface area contributed by atoms with E-state index in [0.29, 0.717) is 11.1 Å². The number of carbonyl (C=O) groups excluding carboxylic acids is 2. The molecule has 0 radical (unpaired) electrons. The number of hydrogen-bond donors (Lipinski definition) is 2. The maximum Gasteiger partial charge on any atom is 0.252 e. The lowest BCUT2D eigenvalue weighted by Crippen LogP contribution is -2.51. The molecule has 0 heterocycles. The number of halogens is 2. The first kappa shape index (κ1) is 17.3. The smallest absolute Gasteiger partial charge is 0.252 e. The fraction of sp³-hybridized carbons (Fsp3) is 0.176. The topological polar surface area (TPSA) is 58.2 Å². The van der Waals surface area contributed by atoms with Crippen molar-refractivity contribution in [3.05, 3.63) is 71.3 Å². The third-order valence-corrected chi connectivity index (χ3v) is 3.68. The van der Waals surface area contributed by atoms with E-state index < -0.39 is 11.0 Å². The Kier molecular flexibility index (Phi) is 6.02. The largest absolute Gasteiger partial charge is 0.329 e. The molecule has 2 aromatic rings. The lowest BCUT2D eigenvalue weighted by Gasteiger charge is -2.21. The van der Waals surface area contributed by atoms with Crippen LogP contribution in [-0.4, -0.2) is 22.8 Å². The number of amides is 2. The Bertz CT molecular complexity index is 673. The van der Waals surface area contributed by atoms with Gasteiger partial charge in [-0.1, -0.05) is 35.9 Å². The quantitative estimate of drug-likeness (QED) is 0.642. The van der Waals surface area contributed by atoms with Gasteiger partial charge in [-0.05, 0) is 31.2 Å². The number of benzene rings is 2. The van der Waals surface area contributed by atoms with Crippen LogP contribution in [0.4, 0.5) is 0 Å². The van der Waals surface area contributed by atoms with Gasteiger partial charge in [0.25, 0.3) is 11.8 Å². The summed E-state index contributed by atoms with van der Waals surface area (Å²) in [5.41, 5.74) is 1.96. The normalized spacial score (nSPS) is 11.8. The van der Waals surface area contributed by atoms with Crippen molar-refractivity contribution in [1.82, 2.24) is 10.6 Å². The molecular formula is C17H16Cl2N2O2. The maximum absolute atomic E-state index is 12.2. The summed E-state index contributed by atoms with van der Waals surface area (Å²) >= 11 is 11.7. The minimum atomic E-state index is -0.989. The summed E-state index contributed by atoms with van der Waals surface area (Å²) in [5.74, 6) is -0.735. The molecular weight excluding hydrogens is 335 g/mol. The average Bonchev–Trinajstić information content (AvgIpc) is 2.55. The van der Waals surface area contributed by atoms with E-state index in [1.807, 2.05) is 19.1 Å². The Hall–Kier alpha value is -2.04. The van der Waals surface area contributed by atoms with Crippen LogP contribution in [0.15, 0.2) is 54.6 Å². The maximum atomic E-state index is 12.2. The predicted octanol–water partition coefficient (Wildman–Crippen LogP) is 3.28. The fourth-order valence-corrected chi connectivity index (χ4v) is 2.16. The first-order valence-electron chi connectivity index (χ1n) is 6.99. The monoisotopic (exact) mass is 350 g/mol. The summed E-state index contributed by atoms with van der Waals surface area (Å²) in [4.78, 5) is 23.4. The molecule has 0 spiro atoms. The molecule has 0 aliphatic carbocycles. The van der Waals surface area contributed by atoms with Gasteiger partial charge in [-0.25, -0.2) is 0 Å². The van der Waals surface area contributed by atoms with Gasteiger partial charge in [0.2, 0.25) is 0 Å². The molecule has 0 fully saturated rings. The summed E-state index contributed by atoms with van der Waals surface area (Å²) in [6.07, 6.45) is -0.903. The van der Waals surface area contributed by atoms with Crippen LogP contribution in [-0.2, 0) is 0 Å². The van der Waals surface area contributed by atoms with E-state index in [-0.39, 0.29) is 11.8 Å². The predicted molar refractivity (Wildman–Crippen MR) is 91.8 cm³/mol. The van der Waals surface area contributed by atoms with E-state index in [1.165, 1.54) is 0 Å². The first-order chi connectivity index (χ1) is 11.0. The zero-order valence-electron chi connectivity index (χ0n) is 12.4. The van der Waals surface area contributed by atoms with Crippen LogP contribution < -0.4 is 10.6 Å². The Morgan fingerprint density at radius 3 is 1.78 bits per heavy atom. The molecule has 0 saturated heterocycles. The van der Waals surface area contributed by atoms with Crippen molar-refractivity contribution in [2.24, 2.45) is 0 Å². The highest BCUT2D eigenvalue weighted by Crippen LogP contribution is 2.09. The number of carbonyl (C=O) groups is 2. The molecule has 120 valence electrons. The highest BCUT2D eigenvalue weighted by Gasteiger charge is 2.22. The standard InChI is InChI=1S/C17H16Cl2N2O2/c1-11-7-9-13(10-8-11)17(23)21-15(14(18)19)20-16(22)12-5-3-2-4-6-12/h2-10,14-15H,1H3,(H,20,22)(H,21,23). The van der Waals surface area contributed by atoms with Gasteiger partial charge in [0, 0.05) is 11.1 Å². The number of hydrogen-bond acceptors (Lipinski definition) is 2. The third kappa shape index (κ3) is 4.98. The zero-order valence-corrected chi connectivity index (χ0v) is 13.9. The summed E-state index contributed by atoms with van der Waals surface area (Å²) in [6, 6.07) is 15.6. The summed E-state index contributed by atoms with van der Waals surface area (Å²) in [5, 5.41) is 5.23. The molecule has 0 aromatic heterocycles. The van der Waals surface area contributed by atoms with E-state index in [4.69, 9.17) is 23.2 Å². The highest BCUT2D eigenvalue weighted by atomic mass is 35.5. The van der Waals surface area contributed by atoms with Gasteiger partial charge in [-0.3, -0.25) is 9.59 Å². The van der Waals surface area contributed by atoms with Gasteiger partial charge >= 0.3 is 0 Å². The molecule has 2 amide bonds. The van der Waals surface area contributed by atoms with Crippen molar-refractivity contribution >= 4 is 35.0 Å². The van der Waals surface area contributed by atoms with Gasteiger partial charge in [0.05, 0.1) is 0 Å². The molecule has 2 N–H and O–H groups in total. The van der Waals surface area contributed by atoms with E-state index in [2.05, 4.69) is 10.6 Å². The van der Waals surface area contributed by atoms with Crippen LogP contribution in [0.5, 0.6) is 0 Å². The Labute approximate surface area is 144 Å². The lowest BCUT2D eigenvalue weighted by molar-refractivity contribution is 0.0888. The number of rotatable bonds is 5. The molecule has 0 bridgehead atoms. The SMILES string of the molecule is Cc1ccc(C(=O)NC(NC(=O)c2ccccc2)C(Cl)Cl)cc1. The van der Waals surface area contributed by atoms with Crippen molar-refractivity contribution < 1.29 is 9.59 Å². The molecule has 2 rings (SSSR count). The summed E-state index contributed by atoms with van der Waals surface area (Å²) in [6.45, 7) is 1.93. The summed E-state index contributed by atoms with van der Waals surface area (Å²) in [7, 11) is 0. The number of alkyl halides is 2. The molecule has 1 unspecified atom stereocenters. The van der Waals surface area contributed by atoms with Crippen molar-refractivity contribution in [3.63, 3.8) is 0 Å². The molecule has 6 heteroatoms. The average molecular weight is 351 g/mol. The Morgan fingerprint density at radius 2 is 1.30 bits per heavy atom. The van der Waals surface area contributed by atoms with Gasteiger partial charge in [0.15, 0.2) is 0 Å². The van der Waals surface area contributed by atoms with Crippen molar-refractivity contribution in [1.29, 1.82) is 0 Å². The van der Waals surface area contributed by atoms with E-state index in [1.54, 1.807) is 42.5 Å². The van der Waals surface area contributed by atoms with Crippen LogP contribution in [0.3, 0.4) is 0 Å². The molecule has 0 aliphatic rings. The molecule has 1 atom stereocenters. The lowest BCUT2D eigenvalue weighted by atomic mass is 10.1.